The summed E-state index contributed by atoms with van der Waals surface area (Å²) in [5.74, 6) is -1.30. The number of pyridine rings is 1. The fourth-order valence-electron chi connectivity index (χ4n) is 4.09. The molecule has 2 fully saturated rings. The van der Waals surface area contributed by atoms with Crippen molar-refractivity contribution in [1.29, 1.82) is 0 Å². The molecule has 2 aliphatic rings. The van der Waals surface area contributed by atoms with Crippen LogP contribution in [-0.2, 0) is 0 Å². The van der Waals surface area contributed by atoms with Gasteiger partial charge in [-0.05, 0) is 56.7 Å². The molecule has 1 amide bonds. The van der Waals surface area contributed by atoms with Crippen molar-refractivity contribution in [2.24, 2.45) is 11.7 Å². The average Bonchev–Trinajstić information content (AvgIpc) is 3.43. The van der Waals surface area contributed by atoms with Crippen LogP contribution in [0.1, 0.15) is 43.6 Å². The third kappa shape index (κ3) is 4.27. The van der Waals surface area contributed by atoms with Gasteiger partial charge in [-0.25, -0.2) is 13.8 Å². The molecule has 160 valence electrons. The summed E-state index contributed by atoms with van der Waals surface area (Å²) < 4.78 is 28.0. The Labute approximate surface area is 179 Å². The maximum atomic E-state index is 14.0. The molecule has 1 saturated carbocycles. The van der Waals surface area contributed by atoms with Crippen LogP contribution in [0, 0.1) is 17.6 Å². The van der Waals surface area contributed by atoms with Gasteiger partial charge in [-0.3, -0.25) is 4.79 Å². The maximum absolute atomic E-state index is 14.0. The molecule has 0 radical (unpaired) electrons. The fraction of sp³-hybridized carbons (Fsp3) is 0.455. The van der Waals surface area contributed by atoms with E-state index in [-0.39, 0.29) is 28.2 Å². The summed E-state index contributed by atoms with van der Waals surface area (Å²) in [4.78, 5) is 19.4. The first-order chi connectivity index (χ1) is 14.1. The Balaban J connectivity index is 1.84. The van der Waals surface area contributed by atoms with E-state index in [2.05, 4.69) is 10.3 Å². The monoisotopic (exact) mass is 434 g/mol. The van der Waals surface area contributed by atoms with E-state index in [1.165, 1.54) is 18.3 Å². The molecular formula is C22H25ClF2N4O. The molecule has 1 aliphatic carbocycles. The smallest absolute Gasteiger partial charge is 0.272 e. The van der Waals surface area contributed by atoms with Crippen molar-refractivity contribution in [1.82, 2.24) is 10.3 Å². The van der Waals surface area contributed by atoms with Crippen molar-refractivity contribution < 1.29 is 13.6 Å². The minimum Gasteiger partial charge on any atom is -0.367 e. The first kappa shape index (κ1) is 21.0. The van der Waals surface area contributed by atoms with E-state index < -0.39 is 17.2 Å². The number of halogens is 3. The lowest BCUT2D eigenvalue weighted by Crippen LogP contribution is -2.40. The summed E-state index contributed by atoms with van der Waals surface area (Å²) in [7, 11) is 0. The standard InChI is InChI=1S/C22H25ClF2N4O/c1-12(13-3-4-13)28-21(30)19-20(29-6-5-22(2,26)11-29)18(17(23)10-27-19)14-7-15(24)9-16(25)8-14/h7-10,12-13H,3-6,11,26H2,1-2H3,(H,28,30)/t12-,22-/m0/s1. The lowest BCUT2D eigenvalue weighted by atomic mass is 10.0. The number of carbonyl (C=O) groups is 1. The van der Waals surface area contributed by atoms with Gasteiger partial charge < -0.3 is 16.0 Å². The van der Waals surface area contributed by atoms with Crippen molar-refractivity contribution in [2.45, 2.75) is 44.7 Å². The quantitative estimate of drug-likeness (QED) is 0.742. The largest absolute Gasteiger partial charge is 0.367 e. The molecule has 1 aromatic carbocycles. The summed E-state index contributed by atoms with van der Waals surface area (Å²) in [6, 6.07) is 3.24. The number of amides is 1. The molecule has 0 spiro atoms. The van der Waals surface area contributed by atoms with Crippen LogP contribution in [0.5, 0.6) is 0 Å². The highest BCUT2D eigenvalue weighted by molar-refractivity contribution is 6.34. The summed E-state index contributed by atoms with van der Waals surface area (Å²) in [5, 5.41) is 3.23. The highest BCUT2D eigenvalue weighted by atomic mass is 35.5. The molecule has 30 heavy (non-hydrogen) atoms. The molecule has 1 aromatic heterocycles. The van der Waals surface area contributed by atoms with Gasteiger partial charge in [0.05, 0.1) is 10.7 Å². The van der Waals surface area contributed by atoms with E-state index in [1.807, 2.05) is 18.7 Å². The van der Waals surface area contributed by atoms with Crippen LogP contribution in [0.25, 0.3) is 11.1 Å². The van der Waals surface area contributed by atoms with Gasteiger partial charge in [0.25, 0.3) is 5.91 Å². The zero-order chi connectivity index (χ0) is 21.6. The van der Waals surface area contributed by atoms with E-state index in [4.69, 9.17) is 17.3 Å². The number of aromatic nitrogens is 1. The van der Waals surface area contributed by atoms with Crippen molar-refractivity contribution in [3.8, 4) is 11.1 Å². The molecule has 4 rings (SSSR count). The van der Waals surface area contributed by atoms with E-state index in [0.29, 0.717) is 36.7 Å². The summed E-state index contributed by atoms with van der Waals surface area (Å²) in [5.41, 5.74) is 7.14. The van der Waals surface area contributed by atoms with Gasteiger partial charge in [-0.15, -0.1) is 0 Å². The zero-order valence-corrected chi connectivity index (χ0v) is 17.8. The fourth-order valence-corrected chi connectivity index (χ4v) is 4.34. The first-order valence-electron chi connectivity index (χ1n) is 10.1. The number of hydrogen-bond acceptors (Lipinski definition) is 4. The SMILES string of the molecule is C[C@H](NC(=O)c1ncc(Cl)c(-c2cc(F)cc(F)c2)c1N1CC[C@](C)(N)C1)C1CC1. The van der Waals surface area contributed by atoms with Crippen LogP contribution in [-0.4, -0.2) is 35.6 Å². The molecule has 0 bridgehead atoms. The lowest BCUT2D eigenvalue weighted by Gasteiger charge is -2.27. The van der Waals surface area contributed by atoms with Crippen LogP contribution in [0.3, 0.4) is 0 Å². The van der Waals surface area contributed by atoms with Crippen LogP contribution in [0.2, 0.25) is 5.02 Å². The molecule has 3 N–H and O–H groups in total. The predicted molar refractivity (Wildman–Crippen MR) is 114 cm³/mol. The molecule has 0 unspecified atom stereocenters. The Morgan fingerprint density at radius 1 is 1.33 bits per heavy atom. The topological polar surface area (TPSA) is 71.2 Å². The van der Waals surface area contributed by atoms with Crippen LogP contribution in [0.15, 0.2) is 24.4 Å². The summed E-state index contributed by atoms with van der Waals surface area (Å²) in [6.07, 6.45) is 4.25. The number of carbonyl (C=O) groups excluding carboxylic acids is 1. The second-order valence-corrected chi connectivity index (χ2v) is 9.17. The maximum Gasteiger partial charge on any atom is 0.272 e. The number of nitrogens with one attached hydrogen (secondary N) is 1. The Bertz CT molecular complexity index is 973. The van der Waals surface area contributed by atoms with Crippen molar-refractivity contribution in [3.63, 3.8) is 0 Å². The van der Waals surface area contributed by atoms with Crippen LogP contribution in [0.4, 0.5) is 14.5 Å². The van der Waals surface area contributed by atoms with Gasteiger partial charge in [0.15, 0.2) is 5.69 Å². The Kier molecular flexibility index (Phi) is 5.45. The second-order valence-electron chi connectivity index (χ2n) is 8.76. The number of benzene rings is 1. The highest BCUT2D eigenvalue weighted by Gasteiger charge is 2.36. The summed E-state index contributed by atoms with van der Waals surface area (Å²) in [6.45, 7) is 4.96. The third-order valence-corrected chi connectivity index (χ3v) is 6.17. The van der Waals surface area contributed by atoms with Crippen LogP contribution < -0.4 is 16.0 Å². The average molecular weight is 435 g/mol. The Morgan fingerprint density at radius 2 is 2.00 bits per heavy atom. The van der Waals surface area contributed by atoms with Gasteiger partial charge in [0.2, 0.25) is 0 Å². The molecular weight excluding hydrogens is 410 g/mol. The second kappa shape index (κ2) is 7.78. The molecule has 1 aliphatic heterocycles. The molecule has 5 nitrogen and oxygen atoms in total. The van der Waals surface area contributed by atoms with E-state index >= 15 is 0 Å². The zero-order valence-electron chi connectivity index (χ0n) is 17.0. The minimum atomic E-state index is -0.720. The molecule has 1 saturated heterocycles. The van der Waals surface area contributed by atoms with E-state index in [1.54, 1.807) is 0 Å². The minimum absolute atomic E-state index is 0.0243. The number of nitrogens with two attached hydrogens (primary N) is 1. The number of nitrogens with zero attached hydrogens (tertiary/aromatic N) is 2. The van der Waals surface area contributed by atoms with E-state index in [9.17, 15) is 13.6 Å². The summed E-state index contributed by atoms with van der Waals surface area (Å²) >= 11 is 6.46. The van der Waals surface area contributed by atoms with E-state index in [0.717, 1.165) is 18.9 Å². The predicted octanol–water partition coefficient (Wildman–Crippen LogP) is 4.14. The van der Waals surface area contributed by atoms with Crippen molar-refractivity contribution >= 4 is 23.2 Å². The third-order valence-electron chi connectivity index (χ3n) is 5.88. The van der Waals surface area contributed by atoms with Gasteiger partial charge in [-0.1, -0.05) is 11.6 Å². The Morgan fingerprint density at radius 3 is 2.57 bits per heavy atom. The number of rotatable bonds is 5. The normalized spacial score (nSPS) is 22.3. The first-order valence-corrected chi connectivity index (χ1v) is 10.5. The molecule has 2 atom stereocenters. The Hall–Kier alpha value is -2.25. The van der Waals surface area contributed by atoms with Gasteiger partial charge in [-0.2, -0.15) is 0 Å². The lowest BCUT2D eigenvalue weighted by molar-refractivity contribution is 0.0931. The molecule has 8 heteroatoms. The highest BCUT2D eigenvalue weighted by Crippen LogP contribution is 2.41. The van der Waals surface area contributed by atoms with Crippen molar-refractivity contribution in [3.05, 3.63) is 46.7 Å². The van der Waals surface area contributed by atoms with Gasteiger partial charge in [0.1, 0.15) is 11.6 Å². The van der Waals surface area contributed by atoms with Gasteiger partial charge >= 0.3 is 0 Å². The molecule has 2 heterocycles. The van der Waals surface area contributed by atoms with Crippen molar-refractivity contribution in [2.75, 3.05) is 18.0 Å². The van der Waals surface area contributed by atoms with Gasteiger partial charge in [0, 0.05) is 42.5 Å². The molecule has 2 aromatic rings. The number of anilines is 1. The van der Waals surface area contributed by atoms with Crippen LogP contribution >= 0.6 is 11.6 Å². The number of hydrogen-bond donors (Lipinski definition) is 2.